The Morgan fingerprint density at radius 2 is 2.10 bits per heavy atom. The molecule has 1 aromatic carbocycles. The Hall–Kier alpha value is -2.78. The van der Waals surface area contributed by atoms with Crippen LogP contribution in [0.3, 0.4) is 0 Å². The summed E-state index contributed by atoms with van der Waals surface area (Å²) in [5, 5.41) is 3.54. The van der Waals surface area contributed by atoms with E-state index in [1.807, 2.05) is 12.1 Å². The molecule has 1 atom stereocenters. The maximum atomic E-state index is 12.6. The molecule has 2 aromatic heterocycles. The van der Waals surface area contributed by atoms with E-state index in [4.69, 9.17) is 9.72 Å². The van der Waals surface area contributed by atoms with Gasteiger partial charge in [-0.2, -0.15) is 0 Å². The van der Waals surface area contributed by atoms with Crippen LogP contribution in [-0.2, 0) is 7.05 Å². The number of hydrogen-bond acceptors (Lipinski definition) is 7. The van der Waals surface area contributed by atoms with Crippen LogP contribution in [0.2, 0.25) is 0 Å². The average Bonchev–Trinajstić information content (AvgIpc) is 2.76. The van der Waals surface area contributed by atoms with E-state index in [1.165, 1.54) is 12.4 Å². The Bertz CT molecular complexity index is 1070. The Kier molecular flexibility index (Phi) is 5.59. The minimum atomic E-state index is -0.121. The van der Waals surface area contributed by atoms with Crippen molar-refractivity contribution in [3.05, 3.63) is 63.2 Å². The molecule has 29 heavy (non-hydrogen) atoms. The number of nitrogens with one attached hydrogen (secondary N) is 1. The summed E-state index contributed by atoms with van der Waals surface area (Å²) in [5.41, 5.74) is 2.17. The van der Waals surface area contributed by atoms with Gasteiger partial charge in [-0.25, -0.2) is 15.0 Å². The predicted octanol–water partition coefficient (Wildman–Crippen LogP) is 2.16. The number of rotatable bonds is 4. The first-order valence-corrected chi connectivity index (χ1v) is 10.0. The minimum absolute atomic E-state index is 0.0883. The lowest BCUT2D eigenvalue weighted by atomic mass is 10.0. The molecule has 4 rings (SSSR count). The first-order chi connectivity index (χ1) is 14.1. The van der Waals surface area contributed by atoms with Crippen LogP contribution < -0.4 is 20.5 Å². The van der Waals surface area contributed by atoms with E-state index in [0.717, 1.165) is 28.9 Å². The second-order valence-corrected chi connectivity index (χ2v) is 7.63. The van der Waals surface area contributed by atoms with Gasteiger partial charge in [0.05, 0.1) is 29.0 Å². The zero-order valence-corrected chi connectivity index (χ0v) is 17.8. The molecule has 150 valence electrons. The molecule has 1 aliphatic rings. The zero-order valence-electron chi connectivity index (χ0n) is 16.2. The van der Waals surface area contributed by atoms with Crippen molar-refractivity contribution < 1.29 is 4.74 Å². The lowest BCUT2D eigenvalue weighted by molar-refractivity contribution is 0.408. The number of anilines is 1. The lowest BCUT2D eigenvalue weighted by Crippen LogP contribution is -2.47. The molecular weight excluding hydrogens is 436 g/mol. The third-order valence-corrected chi connectivity index (χ3v) is 5.65. The van der Waals surface area contributed by atoms with Crippen molar-refractivity contribution >= 4 is 21.9 Å². The van der Waals surface area contributed by atoms with Crippen molar-refractivity contribution in [3.8, 4) is 17.1 Å². The van der Waals surface area contributed by atoms with Crippen LogP contribution in [0.5, 0.6) is 5.75 Å². The van der Waals surface area contributed by atoms with E-state index < -0.39 is 0 Å². The predicted molar refractivity (Wildman–Crippen MR) is 114 cm³/mol. The fourth-order valence-electron chi connectivity index (χ4n) is 3.43. The fraction of sp³-hybridized carbons (Fsp3) is 0.300. The van der Waals surface area contributed by atoms with Gasteiger partial charge in [0.25, 0.3) is 5.56 Å². The summed E-state index contributed by atoms with van der Waals surface area (Å²) in [4.78, 5) is 27.6. The van der Waals surface area contributed by atoms with Crippen LogP contribution in [0.1, 0.15) is 11.6 Å². The van der Waals surface area contributed by atoms with Gasteiger partial charge in [0, 0.05) is 38.9 Å². The number of ether oxygens (including phenoxy) is 1. The summed E-state index contributed by atoms with van der Waals surface area (Å²) in [7, 11) is 3.40. The Balaban J connectivity index is 1.66. The molecule has 1 fully saturated rings. The maximum absolute atomic E-state index is 12.6. The Morgan fingerprint density at radius 1 is 1.24 bits per heavy atom. The molecule has 3 heterocycles. The largest absolute Gasteiger partial charge is 0.496 e. The molecule has 3 aromatic rings. The van der Waals surface area contributed by atoms with Crippen LogP contribution in [0.4, 0.5) is 5.95 Å². The number of piperazine rings is 1. The number of aromatic nitrogens is 4. The van der Waals surface area contributed by atoms with E-state index in [0.29, 0.717) is 23.9 Å². The minimum Gasteiger partial charge on any atom is -0.496 e. The van der Waals surface area contributed by atoms with Crippen LogP contribution in [0, 0.1) is 0 Å². The summed E-state index contributed by atoms with van der Waals surface area (Å²) in [6, 6.07) is 9.42. The van der Waals surface area contributed by atoms with E-state index >= 15 is 0 Å². The first-order valence-electron chi connectivity index (χ1n) is 9.23. The second-order valence-electron chi connectivity index (χ2n) is 6.78. The third-order valence-electron chi connectivity index (χ3n) is 4.99. The van der Waals surface area contributed by atoms with E-state index in [1.54, 1.807) is 31.0 Å². The molecule has 1 aliphatic heterocycles. The summed E-state index contributed by atoms with van der Waals surface area (Å²) in [6.45, 7) is 2.20. The fourth-order valence-corrected chi connectivity index (χ4v) is 3.84. The highest BCUT2D eigenvalue weighted by Gasteiger charge is 2.25. The van der Waals surface area contributed by atoms with Gasteiger partial charge in [0.1, 0.15) is 12.1 Å². The molecule has 0 amide bonds. The van der Waals surface area contributed by atoms with Crippen molar-refractivity contribution in [3.63, 3.8) is 0 Å². The molecule has 1 saturated heterocycles. The number of benzene rings is 1. The van der Waals surface area contributed by atoms with Gasteiger partial charge in [-0.1, -0.05) is 6.07 Å². The molecule has 1 unspecified atom stereocenters. The molecule has 0 aliphatic carbocycles. The van der Waals surface area contributed by atoms with Gasteiger partial charge < -0.3 is 15.0 Å². The summed E-state index contributed by atoms with van der Waals surface area (Å²) < 4.78 is 7.92. The van der Waals surface area contributed by atoms with E-state index in [-0.39, 0.29) is 11.6 Å². The molecule has 0 saturated carbocycles. The maximum Gasteiger partial charge on any atom is 0.255 e. The van der Waals surface area contributed by atoms with Crippen molar-refractivity contribution in [2.75, 3.05) is 31.6 Å². The lowest BCUT2D eigenvalue weighted by Gasteiger charge is -2.35. The monoisotopic (exact) mass is 456 g/mol. The molecule has 0 radical (unpaired) electrons. The number of nitrogens with zero attached hydrogens (tertiary/aromatic N) is 5. The second kappa shape index (κ2) is 8.30. The molecular formula is C20H21BrN6O2. The number of halogens is 1. The summed E-state index contributed by atoms with van der Waals surface area (Å²) >= 11 is 3.50. The SMILES string of the molecule is COc1cc(C2CN(c3nc(-c4ccncn4)cc(=O)n3C)CCN2)ccc1Br. The number of methoxy groups -OCH3 is 1. The number of hydrogen-bond donors (Lipinski definition) is 1. The molecule has 9 heteroatoms. The van der Waals surface area contributed by atoms with Crippen LogP contribution >= 0.6 is 15.9 Å². The summed E-state index contributed by atoms with van der Waals surface area (Å²) in [5.74, 6) is 1.42. The van der Waals surface area contributed by atoms with Crippen molar-refractivity contribution in [2.45, 2.75) is 6.04 Å². The smallest absolute Gasteiger partial charge is 0.255 e. The van der Waals surface area contributed by atoms with E-state index in [2.05, 4.69) is 42.2 Å². The van der Waals surface area contributed by atoms with Crippen LogP contribution in [0.25, 0.3) is 11.4 Å². The normalized spacial score (nSPS) is 16.7. The summed E-state index contributed by atoms with van der Waals surface area (Å²) in [6.07, 6.45) is 3.10. The quantitative estimate of drug-likeness (QED) is 0.643. The zero-order chi connectivity index (χ0) is 20.4. The first kappa shape index (κ1) is 19.5. The van der Waals surface area contributed by atoms with Crippen LogP contribution in [0.15, 0.2) is 52.1 Å². The average molecular weight is 457 g/mol. The van der Waals surface area contributed by atoms with Gasteiger partial charge in [-0.15, -0.1) is 0 Å². The van der Waals surface area contributed by atoms with Crippen molar-refractivity contribution in [1.29, 1.82) is 0 Å². The Labute approximate surface area is 176 Å². The van der Waals surface area contributed by atoms with Crippen LogP contribution in [-0.4, -0.2) is 46.3 Å². The van der Waals surface area contributed by atoms with E-state index in [9.17, 15) is 4.79 Å². The molecule has 8 nitrogen and oxygen atoms in total. The van der Waals surface area contributed by atoms with Gasteiger partial charge in [-0.3, -0.25) is 9.36 Å². The van der Waals surface area contributed by atoms with Gasteiger partial charge in [-0.05, 0) is 39.7 Å². The molecule has 0 spiro atoms. The highest BCUT2D eigenvalue weighted by Crippen LogP contribution is 2.30. The topological polar surface area (TPSA) is 85.2 Å². The standard InChI is InChI=1S/C20H21BrN6O2/c1-26-19(28)10-16(15-5-6-22-12-24-15)25-20(26)27-8-7-23-17(11-27)13-3-4-14(21)18(9-13)29-2/h3-6,9-10,12,17,23H,7-8,11H2,1-2H3. The Morgan fingerprint density at radius 3 is 2.86 bits per heavy atom. The molecule has 0 bridgehead atoms. The highest BCUT2D eigenvalue weighted by atomic mass is 79.9. The highest BCUT2D eigenvalue weighted by molar-refractivity contribution is 9.10. The van der Waals surface area contributed by atoms with Crippen molar-refractivity contribution in [1.82, 2.24) is 24.8 Å². The van der Waals surface area contributed by atoms with Crippen molar-refractivity contribution in [2.24, 2.45) is 7.05 Å². The third kappa shape index (κ3) is 4.01. The molecule has 1 N–H and O–H groups in total. The van der Waals surface area contributed by atoms with Gasteiger partial charge >= 0.3 is 0 Å². The van der Waals surface area contributed by atoms with Gasteiger partial charge in [0.2, 0.25) is 5.95 Å². The van der Waals surface area contributed by atoms with Gasteiger partial charge in [0.15, 0.2) is 0 Å².